The number of hydrogen-bond acceptors (Lipinski definition) is 7. The van der Waals surface area contributed by atoms with Crippen LogP contribution in [0.25, 0.3) is 11.3 Å². The van der Waals surface area contributed by atoms with Gasteiger partial charge in [0.25, 0.3) is 5.91 Å². The SMILES string of the molecule is C[C@H]1C[C@@H](c2ccncc2NC(=O)c2ccc(F)c(-c3c(F)ccc(OCCO)c3F)n2)C[C@@H](N)[C@@H]1O. The minimum Gasteiger partial charge on any atom is -0.488 e. The average molecular weight is 517 g/mol. The second kappa shape index (κ2) is 11.2. The molecule has 2 aromatic heterocycles. The van der Waals surface area contributed by atoms with Crippen molar-refractivity contribution >= 4 is 11.6 Å². The van der Waals surface area contributed by atoms with Crippen molar-refractivity contribution in [1.29, 1.82) is 0 Å². The largest absolute Gasteiger partial charge is 0.488 e. The molecule has 11 heteroatoms. The van der Waals surface area contributed by atoms with Gasteiger partial charge in [-0.15, -0.1) is 0 Å². The van der Waals surface area contributed by atoms with Gasteiger partial charge >= 0.3 is 0 Å². The molecule has 0 saturated heterocycles. The highest BCUT2D eigenvalue weighted by Gasteiger charge is 2.34. The van der Waals surface area contributed by atoms with Crippen LogP contribution in [0.5, 0.6) is 5.75 Å². The van der Waals surface area contributed by atoms with Crippen LogP contribution in [0.4, 0.5) is 18.9 Å². The maximum Gasteiger partial charge on any atom is 0.274 e. The molecule has 1 saturated carbocycles. The molecular formula is C26H27F3N4O4. The van der Waals surface area contributed by atoms with Crippen LogP contribution in [-0.4, -0.2) is 51.4 Å². The molecule has 0 bridgehead atoms. The van der Waals surface area contributed by atoms with E-state index in [0.717, 1.165) is 29.8 Å². The summed E-state index contributed by atoms with van der Waals surface area (Å²) in [6.45, 7) is 1.25. The van der Waals surface area contributed by atoms with Gasteiger partial charge in [0.05, 0.1) is 30.2 Å². The van der Waals surface area contributed by atoms with Crippen molar-refractivity contribution in [2.24, 2.45) is 11.7 Å². The van der Waals surface area contributed by atoms with E-state index >= 15 is 0 Å². The number of carbonyl (C=O) groups is 1. The van der Waals surface area contributed by atoms with Gasteiger partial charge in [-0.2, -0.15) is 0 Å². The molecule has 0 aliphatic heterocycles. The summed E-state index contributed by atoms with van der Waals surface area (Å²) in [6, 6.07) is 5.22. The van der Waals surface area contributed by atoms with E-state index in [2.05, 4.69) is 15.3 Å². The first-order valence-electron chi connectivity index (χ1n) is 11.8. The molecule has 0 unspecified atom stereocenters. The number of carbonyl (C=O) groups excluding carboxylic acids is 1. The summed E-state index contributed by atoms with van der Waals surface area (Å²) in [5.41, 5.74) is 5.48. The Bertz CT molecular complexity index is 1280. The maximum absolute atomic E-state index is 15.0. The first-order valence-corrected chi connectivity index (χ1v) is 11.8. The van der Waals surface area contributed by atoms with Crippen molar-refractivity contribution in [3.8, 4) is 17.0 Å². The zero-order valence-electron chi connectivity index (χ0n) is 20.0. The van der Waals surface area contributed by atoms with E-state index in [0.29, 0.717) is 18.5 Å². The van der Waals surface area contributed by atoms with Gasteiger partial charge in [-0.25, -0.2) is 18.2 Å². The van der Waals surface area contributed by atoms with Crippen LogP contribution in [0.1, 0.15) is 41.7 Å². The Balaban J connectivity index is 1.64. The number of benzene rings is 1. The third kappa shape index (κ3) is 5.58. The Hall–Kier alpha value is -3.54. The fourth-order valence-corrected chi connectivity index (χ4v) is 4.64. The average Bonchev–Trinajstić information content (AvgIpc) is 2.88. The molecule has 196 valence electrons. The number of anilines is 1. The normalized spacial score (nSPS) is 21.5. The fourth-order valence-electron chi connectivity index (χ4n) is 4.64. The molecule has 8 nitrogen and oxygen atoms in total. The zero-order valence-corrected chi connectivity index (χ0v) is 20.0. The Labute approximate surface area is 211 Å². The van der Waals surface area contributed by atoms with Gasteiger partial charge in [0.2, 0.25) is 0 Å². The number of halogens is 3. The highest BCUT2D eigenvalue weighted by Crippen LogP contribution is 2.39. The van der Waals surface area contributed by atoms with Crippen LogP contribution >= 0.6 is 0 Å². The van der Waals surface area contributed by atoms with Gasteiger partial charge in [0.15, 0.2) is 11.6 Å². The van der Waals surface area contributed by atoms with Crippen molar-refractivity contribution in [1.82, 2.24) is 9.97 Å². The van der Waals surface area contributed by atoms with E-state index in [1.807, 2.05) is 6.92 Å². The number of ether oxygens (including phenoxy) is 1. The van der Waals surface area contributed by atoms with Gasteiger partial charge in [0.1, 0.15) is 29.6 Å². The highest BCUT2D eigenvalue weighted by atomic mass is 19.1. The number of amides is 1. The monoisotopic (exact) mass is 516 g/mol. The summed E-state index contributed by atoms with van der Waals surface area (Å²) in [7, 11) is 0. The van der Waals surface area contributed by atoms with Gasteiger partial charge < -0.3 is 26.0 Å². The van der Waals surface area contributed by atoms with Gasteiger partial charge in [-0.3, -0.25) is 9.78 Å². The number of hydrogen-bond donors (Lipinski definition) is 4. The topological polar surface area (TPSA) is 131 Å². The summed E-state index contributed by atoms with van der Waals surface area (Å²) in [6.07, 6.45) is 3.57. The lowest BCUT2D eigenvalue weighted by Crippen LogP contribution is -2.44. The van der Waals surface area contributed by atoms with E-state index in [4.69, 9.17) is 15.6 Å². The lowest BCUT2D eigenvalue weighted by Gasteiger charge is -2.36. The van der Waals surface area contributed by atoms with E-state index in [9.17, 15) is 23.1 Å². The third-order valence-corrected chi connectivity index (χ3v) is 6.50. The van der Waals surface area contributed by atoms with Gasteiger partial charge in [-0.05, 0) is 60.6 Å². The molecule has 0 spiro atoms. The summed E-state index contributed by atoms with van der Waals surface area (Å²) in [4.78, 5) is 21.1. The third-order valence-electron chi connectivity index (χ3n) is 6.50. The molecule has 1 amide bonds. The van der Waals surface area contributed by atoms with Crippen LogP contribution in [0, 0.1) is 23.4 Å². The molecule has 0 radical (unpaired) electrons. The van der Waals surface area contributed by atoms with Crippen molar-refractivity contribution < 1.29 is 32.9 Å². The second-order valence-corrected chi connectivity index (χ2v) is 9.05. The zero-order chi connectivity index (χ0) is 26.7. The number of aliphatic hydroxyl groups excluding tert-OH is 2. The fraction of sp³-hybridized carbons (Fsp3) is 0.346. The minimum absolute atomic E-state index is 0.0475. The molecule has 1 aliphatic carbocycles. The van der Waals surface area contributed by atoms with E-state index < -0.39 is 59.1 Å². The first kappa shape index (κ1) is 26.5. The van der Waals surface area contributed by atoms with Crippen molar-refractivity contribution in [2.75, 3.05) is 18.5 Å². The number of pyridine rings is 2. The van der Waals surface area contributed by atoms with Gasteiger partial charge in [0, 0.05) is 12.2 Å². The number of nitrogens with one attached hydrogen (secondary N) is 1. The first-order chi connectivity index (χ1) is 17.7. The minimum atomic E-state index is -1.21. The van der Waals surface area contributed by atoms with Crippen molar-refractivity contribution in [3.05, 3.63) is 71.4 Å². The number of rotatable bonds is 7. The van der Waals surface area contributed by atoms with Crippen LogP contribution < -0.4 is 15.8 Å². The lowest BCUT2D eigenvalue weighted by atomic mass is 9.74. The standard InChI is InChI=1S/C26H27F3N4O4/c1-13-10-14(11-18(30)25(13)35)15-6-7-31-12-20(15)33-26(36)19-4-2-17(28)24(32-19)22-16(27)3-5-21(23(22)29)37-9-8-34/h2-7,12-14,18,25,34-35H,8-11,30H2,1H3,(H,33,36)/t13-,14+,18+,25+/m0/s1. The molecule has 5 N–H and O–H groups in total. The Morgan fingerprint density at radius 1 is 1.16 bits per heavy atom. The van der Waals surface area contributed by atoms with Crippen LogP contribution in [0.2, 0.25) is 0 Å². The van der Waals surface area contributed by atoms with Crippen LogP contribution in [-0.2, 0) is 0 Å². The molecule has 4 atom stereocenters. The van der Waals surface area contributed by atoms with E-state index in [-0.39, 0.29) is 24.1 Å². The number of nitrogens with zero attached hydrogens (tertiary/aromatic N) is 2. The summed E-state index contributed by atoms with van der Waals surface area (Å²) in [5.74, 6) is -4.58. The second-order valence-electron chi connectivity index (χ2n) is 9.05. The number of aliphatic hydroxyl groups is 2. The maximum atomic E-state index is 15.0. The molecule has 2 heterocycles. The molecule has 1 aliphatic rings. The van der Waals surface area contributed by atoms with Crippen LogP contribution in [0.3, 0.4) is 0 Å². The predicted molar refractivity (Wildman–Crippen MR) is 129 cm³/mol. The number of nitrogens with two attached hydrogens (primary N) is 1. The Morgan fingerprint density at radius 3 is 2.65 bits per heavy atom. The smallest absolute Gasteiger partial charge is 0.274 e. The van der Waals surface area contributed by atoms with E-state index in [1.54, 1.807) is 12.3 Å². The molecular weight excluding hydrogens is 489 g/mol. The Morgan fingerprint density at radius 2 is 1.92 bits per heavy atom. The number of aromatic nitrogens is 2. The van der Waals surface area contributed by atoms with Crippen molar-refractivity contribution in [3.63, 3.8) is 0 Å². The lowest BCUT2D eigenvalue weighted by molar-refractivity contribution is 0.0521. The molecule has 37 heavy (non-hydrogen) atoms. The summed E-state index contributed by atoms with van der Waals surface area (Å²) < 4.78 is 49.2. The molecule has 3 aromatic rings. The quantitative estimate of drug-likeness (QED) is 0.379. The highest BCUT2D eigenvalue weighted by molar-refractivity contribution is 6.03. The van der Waals surface area contributed by atoms with Crippen molar-refractivity contribution in [2.45, 2.75) is 37.8 Å². The van der Waals surface area contributed by atoms with Gasteiger partial charge in [-0.1, -0.05) is 6.92 Å². The predicted octanol–water partition coefficient (Wildman–Crippen LogP) is 3.39. The molecule has 1 aromatic carbocycles. The Kier molecular flexibility index (Phi) is 8.06. The van der Waals surface area contributed by atoms with Crippen LogP contribution in [0.15, 0.2) is 42.7 Å². The van der Waals surface area contributed by atoms with E-state index in [1.165, 1.54) is 6.20 Å². The molecule has 1 fully saturated rings. The summed E-state index contributed by atoms with van der Waals surface area (Å²) >= 11 is 0. The molecule has 4 rings (SSSR count). The summed E-state index contributed by atoms with van der Waals surface area (Å²) in [5, 5.41) is 21.8.